The number of hydrogen-bond acceptors (Lipinski definition) is 2. The number of rotatable bonds is 3. The lowest BCUT2D eigenvalue weighted by Crippen LogP contribution is -1.97. The predicted molar refractivity (Wildman–Crippen MR) is 132 cm³/mol. The van der Waals surface area contributed by atoms with E-state index in [1.807, 2.05) is 71.4 Å². The summed E-state index contributed by atoms with van der Waals surface area (Å²) in [6, 6.07) is 36.6. The van der Waals surface area contributed by atoms with Crippen LogP contribution in [0.15, 0.2) is 109 Å². The van der Waals surface area contributed by atoms with Crippen LogP contribution < -0.4 is 0 Å². The molecule has 6 aromatic rings. The molecule has 0 saturated heterocycles. The van der Waals surface area contributed by atoms with Gasteiger partial charge in [-0.1, -0.05) is 90.5 Å². The average molecular weight is 432 g/mol. The molecular weight excluding hydrogens is 414 g/mol. The minimum absolute atomic E-state index is 0.703. The van der Waals surface area contributed by atoms with Crippen molar-refractivity contribution in [2.45, 2.75) is 0 Å². The molecule has 0 saturated carbocycles. The van der Waals surface area contributed by atoms with Crippen molar-refractivity contribution in [3.05, 3.63) is 114 Å². The Bertz CT molecular complexity index is 1550. The Kier molecular flexibility index (Phi) is 4.48. The lowest BCUT2D eigenvalue weighted by atomic mass is 10.00. The summed E-state index contributed by atoms with van der Waals surface area (Å²) in [5.74, 6) is 0. The molecular formula is C28H18ClN3. The third-order valence-corrected chi connectivity index (χ3v) is 5.93. The van der Waals surface area contributed by atoms with E-state index < -0.39 is 0 Å². The SMILES string of the molecule is Clc1ccc(-c2nc3ccccc3c3c2c(-c2ccccc2)nn3-c2ccccc2)cc1. The van der Waals surface area contributed by atoms with Gasteiger partial charge in [-0.3, -0.25) is 0 Å². The van der Waals surface area contributed by atoms with Crippen LogP contribution in [0.3, 0.4) is 0 Å². The van der Waals surface area contributed by atoms with Crippen LogP contribution in [0.5, 0.6) is 0 Å². The Labute approximate surface area is 190 Å². The molecule has 0 amide bonds. The summed E-state index contributed by atoms with van der Waals surface area (Å²) in [7, 11) is 0. The van der Waals surface area contributed by atoms with E-state index in [4.69, 9.17) is 21.7 Å². The van der Waals surface area contributed by atoms with Crippen LogP contribution in [-0.2, 0) is 0 Å². The van der Waals surface area contributed by atoms with Crippen molar-refractivity contribution < 1.29 is 0 Å². The Hall–Kier alpha value is -3.95. The van der Waals surface area contributed by atoms with Gasteiger partial charge in [-0.2, -0.15) is 5.10 Å². The second-order valence-electron chi connectivity index (χ2n) is 7.67. The summed E-state index contributed by atoms with van der Waals surface area (Å²) in [4.78, 5) is 5.10. The summed E-state index contributed by atoms with van der Waals surface area (Å²) in [6.45, 7) is 0. The van der Waals surface area contributed by atoms with E-state index in [1.165, 1.54) is 0 Å². The number of para-hydroxylation sites is 2. The summed E-state index contributed by atoms with van der Waals surface area (Å²) >= 11 is 6.19. The number of nitrogens with zero attached hydrogens (tertiary/aromatic N) is 3. The van der Waals surface area contributed by atoms with Crippen LogP contribution in [0.2, 0.25) is 5.02 Å². The smallest absolute Gasteiger partial charge is 0.103 e. The monoisotopic (exact) mass is 431 g/mol. The van der Waals surface area contributed by atoms with Gasteiger partial charge >= 0.3 is 0 Å². The summed E-state index contributed by atoms with van der Waals surface area (Å²) in [5.41, 5.74) is 6.86. The van der Waals surface area contributed by atoms with E-state index in [2.05, 4.69) is 42.5 Å². The lowest BCUT2D eigenvalue weighted by molar-refractivity contribution is 0.918. The molecule has 0 aliphatic heterocycles. The van der Waals surface area contributed by atoms with Crippen molar-refractivity contribution in [1.82, 2.24) is 14.8 Å². The van der Waals surface area contributed by atoms with E-state index in [-0.39, 0.29) is 0 Å². The predicted octanol–water partition coefficient (Wildman–Crippen LogP) is 7.56. The molecule has 0 aliphatic rings. The van der Waals surface area contributed by atoms with Crippen molar-refractivity contribution >= 4 is 33.4 Å². The van der Waals surface area contributed by atoms with E-state index in [1.54, 1.807) is 0 Å². The van der Waals surface area contributed by atoms with Crippen LogP contribution >= 0.6 is 11.6 Å². The van der Waals surface area contributed by atoms with E-state index in [0.717, 1.165) is 50.0 Å². The maximum absolute atomic E-state index is 6.19. The molecule has 0 atom stereocenters. The minimum atomic E-state index is 0.703. The van der Waals surface area contributed by atoms with E-state index in [0.29, 0.717) is 5.02 Å². The third-order valence-electron chi connectivity index (χ3n) is 5.68. The van der Waals surface area contributed by atoms with Gasteiger partial charge in [0.1, 0.15) is 5.69 Å². The molecule has 0 N–H and O–H groups in total. The van der Waals surface area contributed by atoms with Gasteiger partial charge in [-0.05, 0) is 30.3 Å². The standard InChI is InChI=1S/C28H18ClN3/c29-21-17-15-20(16-18-21)26-25-27(19-9-3-1-4-10-19)31-32(22-11-5-2-6-12-22)28(25)23-13-7-8-14-24(23)30-26/h1-18H. The molecule has 0 aliphatic carbocycles. The summed E-state index contributed by atoms with van der Waals surface area (Å²) in [6.07, 6.45) is 0. The Morgan fingerprint density at radius 1 is 0.594 bits per heavy atom. The molecule has 152 valence electrons. The van der Waals surface area contributed by atoms with Crippen LogP contribution in [0.25, 0.3) is 50.0 Å². The highest BCUT2D eigenvalue weighted by Gasteiger charge is 2.21. The first-order valence-electron chi connectivity index (χ1n) is 10.5. The second-order valence-corrected chi connectivity index (χ2v) is 8.11. The van der Waals surface area contributed by atoms with Crippen LogP contribution in [0, 0.1) is 0 Å². The summed E-state index contributed by atoms with van der Waals surface area (Å²) in [5, 5.41) is 7.93. The molecule has 3 nitrogen and oxygen atoms in total. The molecule has 32 heavy (non-hydrogen) atoms. The van der Waals surface area contributed by atoms with Gasteiger partial charge in [0, 0.05) is 21.5 Å². The Morgan fingerprint density at radius 3 is 1.97 bits per heavy atom. The van der Waals surface area contributed by atoms with Crippen molar-refractivity contribution in [3.63, 3.8) is 0 Å². The molecule has 0 unspecified atom stereocenters. The van der Waals surface area contributed by atoms with Crippen molar-refractivity contribution in [2.75, 3.05) is 0 Å². The van der Waals surface area contributed by atoms with E-state index in [9.17, 15) is 0 Å². The number of benzene rings is 4. The molecule has 4 aromatic carbocycles. The maximum atomic E-state index is 6.19. The van der Waals surface area contributed by atoms with Gasteiger partial charge in [-0.15, -0.1) is 0 Å². The number of fused-ring (bicyclic) bond motifs is 3. The van der Waals surface area contributed by atoms with Crippen LogP contribution in [-0.4, -0.2) is 14.8 Å². The first kappa shape index (κ1) is 18.8. The third kappa shape index (κ3) is 3.06. The molecule has 0 radical (unpaired) electrons. The Morgan fingerprint density at radius 2 is 1.22 bits per heavy atom. The number of aromatic nitrogens is 3. The highest BCUT2D eigenvalue weighted by Crippen LogP contribution is 2.39. The van der Waals surface area contributed by atoms with E-state index >= 15 is 0 Å². The highest BCUT2D eigenvalue weighted by atomic mass is 35.5. The fraction of sp³-hybridized carbons (Fsp3) is 0. The quantitative estimate of drug-likeness (QED) is 0.289. The topological polar surface area (TPSA) is 30.7 Å². The van der Waals surface area contributed by atoms with Gasteiger partial charge in [0.2, 0.25) is 0 Å². The molecule has 6 rings (SSSR count). The lowest BCUT2D eigenvalue weighted by Gasteiger charge is -2.10. The molecule has 0 fully saturated rings. The van der Waals surface area contributed by atoms with Crippen LogP contribution in [0.4, 0.5) is 0 Å². The first-order chi connectivity index (χ1) is 15.8. The van der Waals surface area contributed by atoms with Crippen molar-refractivity contribution in [3.8, 4) is 28.2 Å². The maximum Gasteiger partial charge on any atom is 0.103 e. The molecule has 0 bridgehead atoms. The van der Waals surface area contributed by atoms with Gasteiger partial charge in [-0.25, -0.2) is 9.67 Å². The zero-order chi connectivity index (χ0) is 21.5. The largest absolute Gasteiger partial charge is 0.247 e. The first-order valence-corrected chi connectivity index (χ1v) is 10.9. The van der Waals surface area contributed by atoms with Gasteiger partial charge in [0.15, 0.2) is 0 Å². The second kappa shape index (κ2) is 7.63. The Balaban J connectivity index is 1.82. The van der Waals surface area contributed by atoms with Gasteiger partial charge in [0.05, 0.1) is 27.8 Å². The molecule has 4 heteroatoms. The fourth-order valence-corrected chi connectivity index (χ4v) is 4.34. The number of halogens is 1. The van der Waals surface area contributed by atoms with Gasteiger partial charge < -0.3 is 0 Å². The normalized spacial score (nSPS) is 11.3. The van der Waals surface area contributed by atoms with Gasteiger partial charge in [0.25, 0.3) is 0 Å². The minimum Gasteiger partial charge on any atom is -0.247 e. The number of hydrogen-bond donors (Lipinski definition) is 0. The van der Waals surface area contributed by atoms with Crippen molar-refractivity contribution in [1.29, 1.82) is 0 Å². The number of pyridine rings is 1. The molecule has 2 aromatic heterocycles. The summed E-state index contributed by atoms with van der Waals surface area (Å²) < 4.78 is 2.04. The van der Waals surface area contributed by atoms with Crippen molar-refractivity contribution in [2.24, 2.45) is 0 Å². The highest BCUT2D eigenvalue weighted by molar-refractivity contribution is 6.30. The zero-order valence-corrected chi connectivity index (χ0v) is 17.9. The van der Waals surface area contributed by atoms with Crippen LogP contribution in [0.1, 0.15) is 0 Å². The zero-order valence-electron chi connectivity index (χ0n) is 17.1. The molecule has 2 heterocycles. The fourth-order valence-electron chi connectivity index (χ4n) is 4.21. The average Bonchev–Trinajstić information content (AvgIpc) is 3.26. The molecule has 0 spiro atoms.